The highest BCUT2D eigenvalue weighted by molar-refractivity contribution is 5.80. The maximum atomic E-state index is 13.4. The molecule has 0 spiro atoms. The van der Waals surface area contributed by atoms with Gasteiger partial charge in [-0.25, -0.2) is 0 Å². The van der Waals surface area contributed by atoms with Crippen LogP contribution < -0.4 is 0 Å². The Morgan fingerprint density at radius 1 is 0.889 bits per heavy atom. The van der Waals surface area contributed by atoms with Gasteiger partial charge >= 0.3 is 5.97 Å². The molecule has 10 atom stereocenters. The quantitative estimate of drug-likeness (QED) is 0.336. The molecule has 0 aromatic rings. The number of carbonyl (C=O) groups is 1. The molecule has 5 aliphatic carbocycles. The standard InChI is InChI=1S/C31H50O5/c1-26(2)15-16-31(25(35)36-8)19(17-26)18-9-10-21-28(5)13-12-22(32)27(3,4)20(28)11-14-29(21,6)30(18,7)23(33)24(31)34/h9,19-24,32-34H,10-17H2,1-8H3/t19-,20+,21+,22-,23-,24+,28-,29+,30-,31+/m0/s1. The van der Waals surface area contributed by atoms with E-state index in [0.717, 1.165) is 44.9 Å². The Hall–Kier alpha value is -0.910. The van der Waals surface area contributed by atoms with Crippen LogP contribution >= 0.6 is 0 Å². The average molecular weight is 503 g/mol. The van der Waals surface area contributed by atoms with Crippen molar-refractivity contribution in [3.05, 3.63) is 11.6 Å². The maximum Gasteiger partial charge on any atom is 0.315 e. The Labute approximate surface area is 218 Å². The zero-order valence-electron chi connectivity index (χ0n) is 23.9. The molecule has 0 aromatic heterocycles. The summed E-state index contributed by atoms with van der Waals surface area (Å²) in [5.41, 5.74) is -0.780. The molecule has 204 valence electrons. The summed E-state index contributed by atoms with van der Waals surface area (Å²) in [7, 11) is 1.41. The smallest absolute Gasteiger partial charge is 0.315 e. The number of fused-ring (bicyclic) bond motifs is 7. The fourth-order valence-corrected chi connectivity index (χ4v) is 10.9. The first-order valence-corrected chi connectivity index (χ1v) is 14.4. The van der Waals surface area contributed by atoms with E-state index >= 15 is 0 Å². The lowest BCUT2D eigenvalue weighted by Gasteiger charge is -2.72. The molecule has 0 saturated heterocycles. The summed E-state index contributed by atoms with van der Waals surface area (Å²) in [4.78, 5) is 13.4. The summed E-state index contributed by atoms with van der Waals surface area (Å²) in [5.74, 6) is 0.251. The van der Waals surface area contributed by atoms with Crippen molar-refractivity contribution in [2.75, 3.05) is 7.11 Å². The van der Waals surface area contributed by atoms with Gasteiger partial charge in [-0.15, -0.1) is 0 Å². The fraction of sp³-hybridized carbons (Fsp3) is 0.903. The number of allylic oxidation sites excluding steroid dienone is 1. The van der Waals surface area contributed by atoms with Crippen molar-refractivity contribution in [3.63, 3.8) is 0 Å². The zero-order valence-corrected chi connectivity index (χ0v) is 23.9. The minimum atomic E-state index is -1.15. The third-order valence-electron chi connectivity index (χ3n) is 13.3. The Morgan fingerprint density at radius 3 is 2.19 bits per heavy atom. The van der Waals surface area contributed by atoms with E-state index in [4.69, 9.17) is 4.74 Å². The first kappa shape index (κ1) is 26.7. The van der Waals surface area contributed by atoms with E-state index in [1.54, 1.807) is 0 Å². The van der Waals surface area contributed by atoms with E-state index < -0.39 is 23.0 Å². The van der Waals surface area contributed by atoms with E-state index in [9.17, 15) is 20.1 Å². The molecule has 0 amide bonds. The van der Waals surface area contributed by atoms with Gasteiger partial charge in [0, 0.05) is 5.41 Å². The second-order valence-electron chi connectivity index (χ2n) is 15.4. The number of hydrogen-bond acceptors (Lipinski definition) is 5. The second-order valence-corrected chi connectivity index (χ2v) is 15.4. The van der Waals surface area contributed by atoms with E-state index in [2.05, 4.69) is 54.5 Å². The third-order valence-corrected chi connectivity index (χ3v) is 13.3. The fourth-order valence-electron chi connectivity index (χ4n) is 10.9. The Balaban J connectivity index is 1.67. The van der Waals surface area contributed by atoms with E-state index in [1.165, 1.54) is 12.7 Å². The van der Waals surface area contributed by atoms with Crippen LogP contribution in [0.1, 0.15) is 99.8 Å². The molecule has 0 unspecified atom stereocenters. The van der Waals surface area contributed by atoms with E-state index in [1.807, 2.05) is 0 Å². The summed E-state index contributed by atoms with van der Waals surface area (Å²) < 4.78 is 5.34. The van der Waals surface area contributed by atoms with Gasteiger partial charge in [-0.3, -0.25) is 4.79 Å². The monoisotopic (exact) mass is 502 g/mol. The van der Waals surface area contributed by atoms with Crippen LogP contribution in [0.15, 0.2) is 11.6 Å². The highest BCUT2D eigenvalue weighted by atomic mass is 16.5. The van der Waals surface area contributed by atoms with Gasteiger partial charge in [-0.1, -0.05) is 60.1 Å². The predicted octanol–water partition coefficient (Wildman–Crippen LogP) is 5.26. The number of aliphatic hydroxyl groups excluding tert-OH is 3. The van der Waals surface area contributed by atoms with Crippen LogP contribution in [-0.2, 0) is 9.53 Å². The summed E-state index contributed by atoms with van der Waals surface area (Å²) in [6, 6.07) is 0. The van der Waals surface area contributed by atoms with Crippen molar-refractivity contribution in [2.45, 2.75) is 118 Å². The first-order chi connectivity index (χ1) is 16.5. The number of hydrogen-bond donors (Lipinski definition) is 3. The lowest BCUT2D eigenvalue weighted by atomic mass is 9.32. The number of methoxy groups -OCH3 is 1. The van der Waals surface area contributed by atoms with Crippen LogP contribution in [0, 0.1) is 50.2 Å². The molecule has 0 radical (unpaired) electrons. The van der Waals surface area contributed by atoms with Gasteiger partial charge in [0.15, 0.2) is 0 Å². The Bertz CT molecular complexity index is 968. The minimum absolute atomic E-state index is 0.0498. The number of esters is 1. The van der Waals surface area contributed by atoms with Crippen molar-refractivity contribution in [1.29, 1.82) is 0 Å². The van der Waals surface area contributed by atoms with Gasteiger partial charge in [-0.2, -0.15) is 0 Å². The summed E-state index contributed by atoms with van der Waals surface area (Å²) in [6.07, 6.45) is 6.77. The second kappa shape index (κ2) is 7.82. The van der Waals surface area contributed by atoms with Crippen molar-refractivity contribution in [1.82, 2.24) is 0 Å². The Kier molecular flexibility index (Phi) is 5.80. The summed E-state index contributed by atoms with van der Waals surface area (Å²) in [5, 5.41) is 34.9. The van der Waals surface area contributed by atoms with Crippen molar-refractivity contribution in [2.24, 2.45) is 50.2 Å². The van der Waals surface area contributed by atoms with Gasteiger partial charge in [-0.05, 0) is 90.8 Å². The van der Waals surface area contributed by atoms with Crippen LogP contribution in [0.3, 0.4) is 0 Å². The Morgan fingerprint density at radius 2 is 1.56 bits per heavy atom. The van der Waals surface area contributed by atoms with E-state index in [-0.39, 0.29) is 39.7 Å². The highest BCUT2D eigenvalue weighted by Gasteiger charge is 2.74. The van der Waals surface area contributed by atoms with Gasteiger partial charge in [0.2, 0.25) is 0 Å². The molecule has 5 nitrogen and oxygen atoms in total. The molecule has 5 aliphatic rings. The van der Waals surface area contributed by atoms with Gasteiger partial charge in [0.25, 0.3) is 0 Å². The molecule has 0 aromatic carbocycles. The van der Waals surface area contributed by atoms with Crippen molar-refractivity contribution in [3.8, 4) is 0 Å². The maximum absolute atomic E-state index is 13.4. The summed E-state index contributed by atoms with van der Waals surface area (Å²) >= 11 is 0. The largest absolute Gasteiger partial charge is 0.468 e. The van der Waals surface area contributed by atoms with E-state index in [0.29, 0.717) is 18.3 Å². The van der Waals surface area contributed by atoms with Crippen LogP contribution in [0.2, 0.25) is 0 Å². The zero-order chi connectivity index (χ0) is 26.7. The molecule has 4 fully saturated rings. The number of aliphatic hydroxyl groups is 3. The lowest BCUT2D eigenvalue weighted by molar-refractivity contribution is -0.252. The topological polar surface area (TPSA) is 87.0 Å². The van der Waals surface area contributed by atoms with Crippen LogP contribution in [0.4, 0.5) is 0 Å². The SMILES string of the molecule is COC(=O)[C@]12CCC(C)(C)C[C@H]1C1=CC[C@@H]3[C@@]4(C)CC[C@H](O)C(C)(C)[C@H]4CC[C@@]3(C)[C@]1(C)[C@@H](O)[C@H]2O. The molecular weight excluding hydrogens is 452 g/mol. The van der Waals surface area contributed by atoms with Gasteiger partial charge in [0.1, 0.15) is 5.41 Å². The molecule has 3 N–H and O–H groups in total. The normalized spacial score (nSPS) is 53.1. The number of rotatable bonds is 1. The minimum Gasteiger partial charge on any atom is -0.468 e. The van der Waals surface area contributed by atoms with Crippen molar-refractivity contribution >= 4 is 5.97 Å². The highest BCUT2D eigenvalue weighted by Crippen LogP contribution is 2.75. The third kappa shape index (κ3) is 2.97. The molecule has 0 aliphatic heterocycles. The lowest BCUT2D eigenvalue weighted by Crippen LogP contribution is -2.72. The number of carbonyl (C=O) groups excluding carboxylic acids is 1. The number of ether oxygens (including phenoxy) is 1. The average Bonchev–Trinajstić information content (AvgIpc) is 2.80. The van der Waals surface area contributed by atoms with Crippen LogP contribution in [-0.4, -0.2) is 46.7 Å². The molecule has 36 heavy (non-hydrogen) atoms. The molecule has 0 heterocycles. The molecule has 5 heteroatoms. The van der Waals surface area contributed by atoms with Crippen LogP contribution in [0.25, 0.3) is 0 Å². The molecule has 0 bridgehead atoms. The van der Waals surface area contributed by atoms with Gasteiger partial charge < -0.3 is 20.1 Å². The molecule has 5 rings (SSSR count). The predicted molar refractivity (Wildman–Crippen MR) is 140 cm³/mol. The van der Waals surface area contributed by atoms with Crippen molar-refractivity contribution < 1.29 is 24.9 Å². The molecular formula is C31H50O5. The summed E-state index contributed by atoms with van der Waals surface area (Å²) in [6.45, 7) is 16.0. The van der Waals surface area contributed by atoms with Gasteiger partial charge in [0.05, 0.1) is 25.4 Å². The van der Waals surface area contributed by atoms with Crippen LogP contribution in [0.5, 0.6) is 0 Å². The first-order valence-electron chi connectivity index (χ1n) is 14.4. The molecule has 4 saturated carbocycles.